The molecule has 0 aliphatic carbocycles. The highest BCUT2D eigenvalue weighted by atomic mass is 16.5. The number of benzene rings is 7. The van der Waals surface area contributed by atoms with Crippen LogP contribution in [0.15, 0.2) is 212 Å². The Hall–Kier alpha value is -7.76. The SMILES string of the molecule is C=CC=C(C=C)N(c1ccccc1)c1ccc2c(c1)Oc1ccc3c4c(ccc-2c14)Oc1cc(N(C=CC=Cc2coc4ccccc24)c2ccccc2)ccc1-3. The summed E-state index contributed by atoms with van der Waals surface area (Å²) in [4.78, 5) is 4.32. The highest BCUT2D eigenvalue weighted by molar-refractivity contribution is 6.14. The summed E-state index contributed by atoms with van der Waals surface area (Å²) < 4.78 is 19.2. The molecule has 0 unspecified atom stereocenters. The van der Waals surface area contributed by atoms with Crippen molar-refractivity contribution in [1.82, 2.24) is 0 Å². The number of fused-ring (bicyclic) bond motifs is 5. The second-order valence-electron chi connectivity index (χ2n) is 13.8. The van der Waals surface area contributed by atoms with Crippen LogP contribution >= 0.6 is 0 Å². The number of anilines is 4. The maximum atomic E-state index is 6.76. The van der Waals surface area contributed by atoms with Crippen molar-refractivity contribution < 1.29 is 13.9 Å². The first-order valence-corrected chi connectivity index (χ1v) is 18.9. The maximum absolute atomic E-state index is 6.76. The number of allylic oxidation sites excluding steroid dienone is 5. The molecular formula is C52H36N2O3. The summed E-state index contributed by atoms with van der Waals surface area (Å²) in [7, 11) is 0. The number of nitrogens with zero attached hydrogens (tertiary/aromatic N) is 2. The molecule has 5 nitrogen and oxygen atoms in total. The van der Waals surface area contributed by atoms with E-state index in [4.69, 9.17) is 13.9 Å². The Kier molecular flexibility index (Phi) is 8.38. The summed E-state index contributed by atoms with van der Waals surface area (Å²) in [5.74, 6) is 3.19. The van der Waals surface area contributed by atoms with E-state index in [0.717, 1.165) is 101 Å². The quantitative estimate of drug-likeness (QED) is 0.131. The monoisotopic (exact) mass is 736 g/mol. The third-order valence-corrected chi connectivity index (χ3v) is 10.5. The third-order valence-electron chi connectivity index (χ3n) is 10.5. The van der Waals surface area contributed by atoms with Gasteiger partial charge in [0.1, 0.15) is 28.6 Å². The summed E-state index contributed by atoms with van der Waals surface area (Å²) in [5, 5.41) is 3.18. The lowest BCUT2D eigenvalue weighted by molar-refractivity contribution is 0.480. The molecule has 10 rings (SSSR count). The molecule has 0 radical (unpaired) electrons. The van der Waals surface area contributed by atoms with Gasteiger partial charge in [-0.15, -0.1) is 0 Å². The van der Waals surface area contributed by atoms with E-state index >= 15 is 0 Å². The van der Waals surface area contributed by atoms with Crippen LogP contribution in [0.5, 0.6) is 23.0 Å². The summed E-state index contributed by atoms with van der Waals surface area (Å²) in [6.07, 6.45) is 15.6. The van der Waals surface area contributed by atoms with Crippen LogP contribution in [0, 0.1) is 0 Å². The molecule has 7 aromatic carbocycles. The van der Waals surface area contributed by atoms with Crippen molar-refractivity contribution in [3.05, 3.63) is 213 Å². The van der Waals surface area contributed by atoms with Gasteiger partial charge in [0.15, 0.2) is 0 Å². The lowest BCUT2D eigenvalue weighted by Gasteiger charge is -2.30. The van der Waals surface area contributed by atoms with Crippen LogP contribution in [0.2, 0.25) is 0 Å². The molecular weight excluding hydrogens is 701 g/mol. The van der Waals surface area contributed by atoms with Crippen molar-refractivity contribution in [2.24, 2.45) is 0 Å². The topological polar surface area (TPSA) is 38.1 Å². The van der Waals surface area contributed by atoms with Crippen LogP contribution in [0.1, 0.15) is 5.56 Å². The fourth-order valence-electron chi connectivity index (χ4n) is 7.92. The molecule has 2 aliphatic heterocycles. The van der Waals surface area contributed by atoms with Crippen LogP contribution in [0.3, 0.4) is 0 Å². The summed E-state index contributed by atoms with van der Waals surface area (Å²) in [5.41, 5.74) is 11.1. The molecule has 2 aliphatic rings. The van der Waals surface area contributed by atoms with Crippen LogP contribution in [-0.2, 0) is 0 Å². The lowest BCUT2D eigenvalue weighted by Crippen LogP contribution is -2.15. The van der Waals surface area contributed by atoms with Crippen molar-refractivity contribution in [2.75, 3.05) is 9.80 Å². The minimum atomic E-state index is 0.787. The van der Waals surface area contributed by atoms with Gasteiger partial charge in [0.05, 0.1) is 6.26 Å². The van der Waals surface area contributed by atoms with Gasteiger partial charge in [-0.05, 0) is 108 Å². The zero-order chi connectivity index (χ0) is 38.3. The van der Waals surface area contributed by atoms with Crippen molar-refractivity contribution in [1.29, 1.82) is 0 Å². The third kappa shape index (κ3) is 5.90. The molecule has 0 saturated heterocycles. The Labute approximate surface area is 331 Å². The van der Waals surface area contributed by atoms with E-state index in [2.05, 4.69) is 126 Å². The van der Waals surface area contributed by atoms with E-state index in [1.54, 1.807) is 12.3 Å². The molecule has 0 fully saturated rings. The minimum absolute atomic E-state index is 0.787. The second-order valence-corrected chi connectivity index (χ2v) is 13.8. The van der Waals surface area contributed by atoms with Gasteiger partial charge in [-0.2, -0.15) is 0 Å². The number of hydrogen-bond donors (Lipinski definition) is 0. The van der Waals surface area contributed by atoms with Gasteiger partial charge < -0.3 is 23.7 Å². The fraction of sp³-hybridized carbons (Fsp3) is 0. The smallest absolute Gasteiger partial charge is 0.137 e. The van der Waals surface area contributed by atoms with E-state index < -0.39 is 0 Å². The molecule has 0 amide bonds. The van der Waals surface area contributed by atoms with E-state index in [-0.39, 0.29) is 0 Å². The van der Waals surface area contributed by atoms with Gasteiger partial charge in [-0.3, -0.25) is 0 Å². The Balaban J connectivity index is 1.01. The Morgan fingerprint density at radius 3 is 1.79 bits per heavy atom. The van der Waals surface area contributed by atoms with Crippen LogP contribution in [-0.4, -0.2) is 0 Å². The highest BCUT2D eigenvalue weighted by Crippen LogP contribution is 2.56. The Bertz CT molecular complexity index is 2950. The average Bonchev–Trinajstić information content (AvgIpc) is 3.68. The predicted molar refractivity (Wildman–Crippen MR) is 235 cm³/mol. The lowest BCUT2D eigenvalue weighted by atomic mass is 9.88. The number of rotatable bonds is 10. The largest absolute Gasteiger partial charge is 0.464 e. The van der Waals surface area contributed by atoms with E-state index in [1.165, 1.54) is 0 Å². The zero-order valence-corrected chi connectivity index (χ0v) is 31.0. The number of ether oxygens (including phenoxy) is 2. The molecule has 0 atom stereocenters. The van der Waals surface area contributed by atoms with Crippen LogP contribution < -0.4 is 19.3 Å². The minimum Gasteiger partial charge on any atom is -0.464 e. The van der Waals surface area contributed by atoms with Crippen LogP contribution in [0.4, 0.5) is 22.7 Å². The Morgan fingerprint density at radius 2 is 1.12 bits per heavy atom. The Morgan fingerprint density at radius 1 is 0.526 bits per heavy atom. The van der Waals surface area contributed by atoms with E-state index in [0.29, 0.717) is 0 Å². The number of hydrogen-bond acceptors (Lipinski definition) is 5. The van der Waals surface area contributed by atoms with E-state index in [9.17, 15) is 0 Å². The molecule has 5 heteroatoms. The van der Waals surface area contributed by atoms with Crippen LogP contribution in [0.25, 0.3) is 50.1 Å². The van der Waals surface area contributed by atoms with E-state index in [1.807, 2.05) is 78.9 Å². The van der Waals surface area contributed by atoms with Gasteiger partial charge >= 0.3 is 0 Å². The molecule has 0 bridgehead atoms. The molecule has 272 valence electrons. The molecule has 0 spiro atoms. The molecule has 0 N–H and O–H groups in total. The van der Waals surface area contributed by atoms with Crippen molar-refractivity contribution in [3.63, 3.8) is 0 Å². The molecule has 57 heavy (non-hydrogen) atoms. The maximum Gasteiger partial charge on any atom is 0.137 e. The molecule has 1 aromatic heterocycles. The second kappa shape index (κ2) is 14.1. The highest BCUT2D eigenvalue weighted by Gasteiger charge is 2.29. The first kappa shape index (κ1) is 33.8. The van der Waals surface area contributed by atoms with Gasteiger partial charge in [0, 0.05) is 79.6 Å². The zero-order valence-electron chi connectivity index (χ0n) is 31.0. The normalized spacial score (nSPS) is 12.6. The molecule has 3 heterocycles. The number of para-hydroxylation sites is 3. The van der Waals surface area contributed by atoms with Crippen molar-refractivity contribution in [2.45, 2.75) is 0 Å². The average molecular weight is 737 g/mol. The summed E-state index contributed by atoms with van der Waals surface area (Å²) in [6, 6.07) is 49.9. The first-order chi connectivity index (χ1) is 28.2. The van der Waals surface area contributed by atoms with Crippen molar-refractivity contribution >= 4 is 50.6 Å². The van der Waals surface area contributed by atoms with Crippen molar-refractivity contribution in [3.8, 4) is 45.3 Å². The molecule has 0 saturated carbocycles. The molecule has 8 aromatic rings. The van der Waals surface area contributed by atoms with Gasteiger partial charge in [0.2, 0.25) is 0 Å². The first-order valence-electron chi connectivity index (χ1n) is 18.9. The number of furan rings is 1. The predicted octanol–water partition coefficient (Wildman–Crippen LogP) is 14.9. The fourth-order valence-corrected chi connectivity index (χ4v) is 7.92. The summed E-state index contributed by atoms with van der Waals surface area (Å²) >= 11 is 0. The van der Waals surface area contributed by atoms with Gasteiger partial charge in [-0.1, -0.05) is 86.0 Å². The standard InChI is InChI=1S/C52H36N2O3/c1-3-15-36(4-2)54(38-19-9-6-10-20-38)40-24-26-43-45-28-29-47-51-44(27-30-48(52(45)51)57-50(43)33-40)42-25-23-39(32-49(42)56-47)53(37-17-7-5-8-18-37)31-14-13-16-35-34-55-46-22-12-11-21-41(35)46/h3-34H,1-2H2. The van der Waals surface area contributed by atoms with Gasteiger partial charge in [-0.25, -0.2) is 0 Å². The van der Waals surface area contributed by atoms with Gasteiger partial charge in [0.25, 0.3) is 0 Å². The summed E-state index contributed by atoms with van der Waals surface area (Å²) in [6.45, 7) is 8.02.